The molecule has 6 heteroatoms. The van der Waals surface area contributed by atoms with E-state index >= 15 is 0 Å². The van der Waals surface area contributed by atoms with E-state index in [9.17, 15) is 4.79 Å². The number of aromatic nitrogens is 2. The number of nitrogens with one attached hydrogen (secondary N) is 1. The topological polar surface area (TPSA) is 94.0 Å². The summed E-state index contributed by atoms with van der Waals surface area (Å²) in [6.07, 6.45) is 3.11. The molecule has 1 aliphatic carbocycles. The van der Waals surface area contributed by atoms with Gasteiger partial charge in [-0.1, -0.05) is 19.0 Å². The van der Waals surface area contributed by atoms with Crippen LogP contribution in [0.3, 0.4) is 0 Å². The fraction of sp³-hybridized carbons (Fsp3) is 0.786. The Morgan fingerprint density at radius 3 is 2.75 bits per heavy atom. The fourth-order valence-corrected chi connectivity index (χ4v) is 2.25. The number of carbonyl (C=O) groups excluding carboxylic acids is 1. The lowest BCUT2D eigenvalue weighted by molar-refractivity contribution is -0.123. The third-order valence-corrected chi connectivity index (χ3v) is 3.89. The molecular weight excluding hydrogens is 256 g/mol. The molecule has 1 amide bonds. The minimum absolute atomic E-state index is 0.00542. The summed E-state index contributed by atoms with van der Waals surface area (Å²) < 4.78 is 5.13. The average molecular weight is 280 g/mol. The normalized spacial score (nSPS) is 18.1. The van der Waals surface area contributed by atoms with Gasteiger partial charge in [-0.05, 0) is 25.7 Å². The van der Waals surface area contributed by atoms with E-state index in [0.29, 0.717) is 37.0 Å². The lowest BCUT2D eigenvalue weighted by Crippen LogP contribution is -2.53. The summed E-state index contributed by atoms with van der Waals surface area (Å²) in [7, 11) is 0. The van der Waals surface area contributed by atoms with Gasteiger partial charge in [-0.3, -0.25) is 4.79 Å². The van der Waals surface area contributed by atoms with Gasteiger partial charge in [0.15, 0.2) is 5.82 Å². The first kappa shape index (κ1) is 15.0. The highest BCUT2D eigenvalue weighted by molar-refractivity contribution is 5.77. The van der Waals surface area contributed by atoms with Crippen molar-refractivity contribution < 1.29 is 9.32 Å². The third kappa shape index (κ3) is 3.56. The Hall–Kier alpha value is -1.43. The van der Waals surface area contributed by atoms with Gasteiger partial charge >= 0.3 is 0 Å². The van der Waals surface area contributed by atoms with Crippen molar-refractivity contribution in [1.82, 2.24) is 15.5 Å². The lowest BCUT2D eigenvalue weighted by Gasteiger charge is -2.29. The highest BCUT2D eigenvalue weighted by Gasteiger charge is 2.41. The molecular formula is C14H24N4O2. The Balaban J connectivity index is 1.82. The van der Waals surface area contributed by atoms with Crippen molar-refractivity contribution in [2.24, 2.45) is 11.7 Å². The maximum atomic E-state index is 12.0. The number of amides is 1. The van der Waals surface area contributed by atoms with E-state index in [4.69, 9.17) is 10.3 Å². The van der Waals surface area contributed by atoms with Crippen LogP contribution < -0.4 is 11.1 Å². The molecule has 6 nitrogen and oxygen atoms in total. The maximum absolute atomic E-state index is 12.0. The molecule has 0 saturated heterocycles. The largest absolute Gasteiger partial charge is 0.349 e. The van der Waals surface area contributed by atoms with Gasteiger partial charge < -0.3 is 15.6 Å². The smallest absolute Gasteiger partial charge is 0.227 e. The van der Waals surface area contributed by atoms with Crippen LogP contribution in [0.25, 0.3) is 0 Å². The molecule has 0 aliphatic heterocycles. The van der Waals surface area contributed by atoms with Crippen molar-refractivity contribution in [1.29, 1.82) is 0 Å². The molecule has 1 fully saturated rings. The van der Waals surface area contributed by atoms with E-state index in [-0.39, 0.29) is 17.4 Å². The van der Waals surface area contributed by atoms with Gasteiger partial charge in [-0.2, -0.15) is 4.98 Å². The van der Waals surface area contributed by atoms with Gasteiger partial charge in [0.1, 0.15) is 0 Å². The summed E-state index contributed by atoms with van der Waals surface area (Å²) in [5.41, 5.74) is 5.52. The van der Waals surface area contributed by atoms with Crippen LogP contribution in [0.1, 0.15) is 57.7 Å². The van der Waals surface area contributed by atoms with Crippen molar-refractivity contribution in [3.63, 3.8) is 0 Å². The van der Waals surface area contributed by atoms with Gasteiger partial charge in [0.05, 0.1) is 5.54 Å². The standard InChI is InChI=1S/C14H24N4O2/c1-9(2)13-16-12(20-18-13)7-6-11(19)17-14(3,8-15)10-4-5-10/h9-10H,4-8,15H2,1-3H3,(H,17,19). The van der Waals surface area contributed by atoms with E-state index in [2.05, 4.69) is 15.5 Å². The summed E-state index contributed by atoms with van der Waals surface area (Å²) >= 11 is 0. The molecule has 1 aliphatic rings. The predicted octanol–water partition coefficient (Wildman–Crippen LogP) is 1.37. The van der Waals surface area contributed by atoms with Crippen LogP contribution in [0.15, 0.2) is 4.52 Å². The summed E-state index contributed by atoms with van der Waals surface area (Å²) in [6, 6.07) is 0. The Labute approximate surface area is 119 Å². The molecule has 1 atom stereocenters. The molecule has 0 spiro atoms. The second-order valence-corrected chi connectivity index (χ2v) is 6.15. The zero-order chi connectivity index (χ0) is 14.8. The van der Waals surface area contributed by atoms with Gasteiger partial charge in [0.2, 0.25) is 11.8 Å². The highest BCUT2D eigenvalue weighted by Crippen LogP contribution is 2.38. The van der Waals surface area contributed by atoms with E-state index in [1.165, 1.54) is 0 Å². The van der Waals surface area contributed by atoms with Crippen molar-refractivity contribution in [2.45, 2.75) is 57.9 Å². The van der Waals surface area contributed by atoms with Crippen molar-refractivity contribution in [3.05, 3.63) is 11.7 Å². The van der Waals surface area contributed by atoms with Crippen LogP contribution in [-0.4, -0.2) is 28.1 Å². The van der Waals surface area contributed by atoms with E-state index in [1.54, 1.807) is 0 Å². The number of nitrogens with zero attached hydrogens (tertiary/aromatic N) is 2. The molecule has 1 saturated carbocycles. The molecule has 112 valence electrons. The van der Waals surface area contributed by atoms with Gasteiger partial charge in [-0.15, -0.1) is 0 Å². The van der Waals surface area contributed by atoms with Gasteiger partial charge in [-0.25, -0.2) is 0 Å². The first-order chi connectivity index (χ1) is 9.44. The SMILES string of the molecule is CC(C)c1noc(CCC(=O)NC(C)(CN)C2CC2)n1. The minimum Gasteiger partial charge on any atom is -0.349 e. The van der Waals surface area contributed by atoms with Crippen molar-refractivity contribution in [3.8, 4) is 0 Å². The number of aryl methyl sites for hydroxylation is 1. The Kier molecular flexibility index (Phi) is 4.42. The quantitative estimate of drug-likeness (QED) is 0.786. The van der Waals surface area contributed by atoms with Crippen molar-refractivity contribution >= 4 is 5.91 Å². The second-order valence-electron chi connectivity index (χ2n) is 6.15. The van der Waals surface area contributed by atoms with E-state index in [0.717, 1.165) is 12.8 Å². The molecule has 1 heterocycles. The molecule has 0 bridgehead atoms. The highest BCUT2D eigenvalue weighted by atomic mass is 16.5. The van der Waals surface area contributed by atoms with Gasteiger partial charge in [0, 0.05) is 25.3 Å². The van der Waals surface area contributed by atoms with E-state index in [1.807, 2.05) is 20.8 Å². The molecule has 1 aromatic heterocycles. The minimum atomic E-state index is -0.269. The van der Waals surface area contributed by atoms with Crippen LogP contribution in [0, 0.1) is 5.92 Å². The number of nitrogens with two attached hydrogens (primary N) is 1. The molecule has 0 aromatic carbocycles. The lowest BCUT2D eigenvalue weighted by atomic mass is 9.95. The Bertz CT molecular complexity index is 467. The summed E-state index contributed by atoms with van der Waals surface area (Å²) in [4.78, 5) is 16.3. The Morgan fingerprint density at radius 2 is 2.25 bits per heavy atom. The molecule has 0 radical (unpaired) electrons. The zero-order valence-corrected chi connectivity index (χ0v) is 12.5. The van der Waals surface area contributed by atoms with Gasteiger partial charge in [0.25, 0.3) is 0 Å². The zero-order valence-electron chi connectivity index (χ0n) is 12.5. The number of hydrogen-bond acceptors (Lipinski definition) is 5. The molecule has 2 rings (SSSR count). The number of rotatable bonds is 7. The van der Waals surface area contributed by atoms with Crippen LogP contribution in [-0.2, 0) is 11.2 Å². The maximum Gasteiger partial charge on any atom is 0.227 e. The monoisotopic (exact) mass is 280 g/mol. The van der Waals surface area contributed by atoms with Crippen LogP contribution in [0.5, 0.6) is 0 Å². The third-order valence-electron chi connectivity index (χ3n) is 3.89. The van der Waals surface area contributed by atoms with Crippen LogP contribution in [0.4, 0.5) is 0 Å². The van der Waals surface area contributed by atoms with Crippen molar-refractivity contribution in [2.75, 3.05) is 6.54 Å². The molecule has 20 heavy (non-hydrogen) atoms. The van der Waals surface area contributed by atoms with Crippen LogP contribution in [0.2, 0.25) is 0 Å². The first-order valence-corrected chi connectivity index (χ1v) is 7.28. The average Bonchev–Trinajstić information content (AvgIpc) is 3.15. The number of hydrogen-bond donors (Lipinski definition) is 2. The van der Waals surface area contributed by atoms with E-state index < -0.39 is 0 Å². The fourth-order valence-electron chi connectivity index (χ4n) is 2.25. The summed E-state index contributed by atoms with van der Waals surface area (Å²) in [5, 5.41) is 6.94. The molecule has 3 N–H and O–H groups in total. The second kappa shape index (κ2) is 5.91. The van der Waals surface area contributed by atoms with Crippen LogP contribution >= 0.6 is 0 Å². The predicted molar refractivity (Wildman–Crippen MR) is 75.0 cm³/mol. The summed E-state index contributed by atoms with van der Waals surface area (Å²) in [5.74, 6) is 1.95. The Morgan fingerprint density at radius 1 is 1.55 bits per heavy atom. The molecule has 1 unspecified atom stereocenters. The number of carbonyl (C=O) groups is 1. The summed E-state index contributed by atoms with van der Waals surface area (Å²) in [6.45, 7) is 6.50. The molecule has 1 aromatic rings. The first-order valence-electron chi connectivity index (χ1n) is 7.28.